The van der Waals surface area contributed by atoms with Crippen molar-refractivity contribution in [1.29, 1.82) is 0 Å². The Labute approximate surface area is 146 Å². The molecule has 24 heavy (non-hydrogen) atoms. The lowest BCUT2D eigenvalue weighted by molar-refractivity contribution is -0.134. The highest BCUT2D eigenvalue weighted by Crippen LogP contribution is 2.35. The standard InChI is InChI=1S/C20H22N2OS/c1-2-18-16-10-12-24-19(16)9-11-22(18)20(23)8-7-14-13-21-17-6-4-3-5-15(14)17/h3-6,10,12-13,18,21H,2,7-9,11H2,1H3/t18-/m1/s1. The summed E-state index contributed by atoms with van der Waals surface area (Å²) in [4.78, 5) is 19.7. The van der Waals surface area contributed by atoms with Gasteiger partial charge < -0.3 is 9.88 Å². The van der Waals surface area contributed by atoms with Crippen LogP contribution < -0.4 is 0 Å². The molecule has 1 N–H and O–H groups in total. The summed E-state index contributed by atoms with van der Waals surface area (Å²) in [6.45, 7) is 3.04. The molecule has 1 aliphatic rings. The Balaban J connectivity index is 1.48. The van der Waals surface area contributed by atoms with E-state index in [-0.39, 0.29) is 11.9 Å². The predicted octanol–water partition coefficient (Wildman–Crippen LogP) is 4.70. The maximum Gasteiger partial charge on any atom is 0.223 e. The topological polar surface area (TPSA) is 36.1 Å². The molecule has 3 heterocycles. The summed E-state index contributed by atoms with van der Waals surface area (Å²) in [6, 6.07) is 10.8. The Morgan fingerprint density at radius 1 is 1.33 bits per heavy atom. The molecule has 1 aliphatic heterocycles. The monoisotopic (exact) mass is 338 g/mol. The van der Waals surface area contributed by atoms with Crippen LogP contribution in [0.2, 0.25) is 0 Å². The fraction of sp³-hybridized carbons (Fsp3) is 0.350. The average Bonchev–Trinajstić information content (AvgIpc) is 3.25. The van der Waals surface area contributed by atoms with E-state index in [9.17, 15) is 4.79 Å². The number of aromatic amines is 1. The van der Waals surface area contributed by atoms with Crippen LogP contribution in [0.4, 0.5) is 0 Å². The van der Waals surface area contributed by atoms with Crippen molar-refractivity contribution in [3.8, 4) is 0 Å². The van der Waals surface area contributed by atoms with E-state index in [1.807, 2.05) is 23.6 Å². The lowest BCUT2D eigenvalue weighted by Gasteiger charge is -2.35. The van der Waals surface area contributed by atoms with Crippen LogP contribution in [-0.4, -0.2) is 22.3 Å². The van der Waals surface area contributed by atoms with Gasteiger partial charge in [-0.1, -0.05) is 25.1 Å². The van der Waals surface area contributed by atoms with Crippen molar-refractivity contribution >= 4 is 28.1 Å². The van der Waals surface area contributed by atoms with Crippen molar-refractivity contribution in [3.05, 3.63) is 57.9 Å². The number of hydrogen-bond acceptors (Lipinski definition) is 2. The molecule has 0 aliphatic carbocycles. The third-order valence-electron chi connectivity index (χ3n) is 5.09. The minimum absolute atomic E-state index is 0.260. The number of H-pyrrole nitrogens is 1. The molecule has 4 heteroatoms. The number of benzene rings is 1. The van der Waals surface area contributed by atoms with E-state index >= 15 is 0 Å². The number of rotatable bonds is 4. The number of amides is 1. The maximum absolute atomic E-state index is 12.8. The Hall–Kier alpha value is -2.07. The van der Waals surface area contributed by atoms with Crippen LogP contribution in [0, 0.1) is 0 Å². The van der Waals surface area contributed by atoms with Gasteiger partial charge in [0.25, 0.3) is 0 Å². The minimum Gasteiger partial charge on any atom is -0.361 e. The van der Waals surface area contributed by atoms with Crippen LogP contribution in [0.25, 0.3) is 10.9 Å². The van der Waals surface area contributed by atoms with Gasteiger partial charge in [-0.15, -0.1) is 11.3 Å². The molecule has 3 nitrogen and oxygen atoms in total. The molecule has 1 amide bonds. The molecule has 0 fully saturated rings. The van der Waals surface area contributed by atoms with Gasteiger partial charge in [0.15, 0.2) is 0 Å². The highest BCUT2D eigenvalue weighted by Gasteiger charge is 2.29. The molecule has 4 rings (SSSR count). The van der Waals surface area contributed by atoms with E-state index in [0.29, 0.717) is 6.42 Å². The Morgan fingerprint density at radius 3 is 3.08 bits per heavy atom. The molecule has 124 valence electrons. The third-order valence-corrected chi connectivity index (χ3v) is 6.08. The predicted molar refractivity (Wildman–Crippen MR) is 99.4 cm³/mol. The van der Waals surface area contributed by atoms with Gasteiger partial charge in [0.05, 0.1) is 6.04 Å². The van der Waals surface area contributed by atoms with E-state index in [0.717, 1.165) is 31.3 Å². The van der Waals surface area contributed by atoms with Gasteiger partial charge in [-0.2, -0.15) is 0 Å². The normalized spacial score (nSPS) is 17.2. The van der Waals surface area contributed by atoms with Gasteiger partial charge in [0, 0.05) is 34.9 Å². The second-order valence-electron chi connectivity index (χ2n) is 6.42. The van der Waals surface area contributed by atoms with Gasteiger partial charge in [-0.25, -0.2) is 0 Å². The first-order valence-corrected chi connectivity index (χ1v) is 9.56. The molecule has 0 unspecified atom stereocenters. The molecule has 0 saturated heterocycles. The van der Waals surface area contributed by atoms with Gasteiger partial charge >= 0.3 is 0 Å². The molecular formula is C20H22N2OS. The van der Waals surface area contributed by atoms with Crippen LogP contribution in [-0.2, 0) is 17.6 Å². The number of nitrogens with zero attached hydrogens (tertiary/aromatic N) is 1. The van der Waals surface area contributed by atoms with Crippen molar-refractivity contribution in [2.75, 3.05) is 6.54 Å². The first-order chi connectivity index (χ1) is 11.8. The fourth-order valence-corrected chi connectivity index (χ4v) is 4.79. The number of carbonyl (C=O) groups excluding carboxylic acids is 1. The van der Waals surface area contributed by atoms with E-state index in [2.05, 4.69) is 46.5 Å². The Kier molecular flexibility index (Phi) is 4.15. The highest BCUT2D eigenvalue weighted by atomic mass is 32.1. The number of thiophene rings is 1. The minimum atomic E-state index is 0.260. The number of hydrogen-bond donors (Lipinski definition) is 1. The van der Waals surface area contributed by atoms with E-state index in [4.69, 9.17) is 0 Å². The molecule has 0 saturated carbocycles. The van der Waals surface area contributed by atoms with Crippen LogP contribution in [0.5, 0.6) is 0 Å². The zero-order chi connectivity index (χ0) is 16.5. The summed E-state index contributed by atoms with van der Waals surface area (Å²) in [5, 5.41) is 3.39. The van der Waals surface area contributed by atoms with E-state index < -0.39 is 0 Å². The van der Waals surface area contributed by atoms with Crippen molar-refractivity contribution in [3.63, 3.8) is 0 Å². The summed E-state index contributed by atoms with van der Waals surface area (Å²) in [5.74, 6) is 0.281. The molecule has 1 aromatic carbocycles. The zero-order valence-electron chi connectivity index (χ0n) is 13.9. The Morgan fingerprint density at radius 2 is 2.21 bits per heavy atom. The highest BCUT2D eigenvalue weighted by molar-refractivity contribution is 7.10. The summed E-state index contributed by atoms with van der Waals surface area (Å²) in [6.07, 6.45) is 5.41. The first kappa shape index (κ1) is 15.5. The molecule has 0 spiro atoms. The first-order valence-electron chi connectivity index (χ1n) is 8.68. The Bertz CT molecular complexity index is 863. The van der Waals surface area contributed by atoms with Gasteiger partial charge in [0.1, 0.15) is 0 Å². The lowest BCUT2D eigenvalue weighted by atomic mass is 9.97. The molecule has 1 atom stereocenters. The van der Waals surface area contributed by atoms with Crippen LogP contribution in [0.1, 0.15) is 41.8 Å². The van der Waals surface area contributed by atoms with Crippen LogP contribution in [0.15, 0.2) is 41.9 Å². The number of fused-ring (bicyclic) bond motifs is 2. The van der Waals surface area contributed by atoms with Gasteiger partial charge in [-0.3, -0.25) is 4.79 Å². The molecule has 0 bridgehead atoms. The van der Waals surface area contributed by atoms with E-state index in [1.54, 1.807) is 0 Å². The van der Waals surface area contributed by atoms with Crippen molar-refractivity contribution in [2.24, 2.45) is 0 Å². The van der Waals surface area contributed by atoms with E-state index in [1.165, 1.54) is 21.4 Å². The largest absolute Gasteiger partial charge is 0.361 e. The van der Waals surface area contributed by atoms with Gasteiger partial charge in [-0.05, 0) is 47.9 Å². The fourth-order valence-electron chi connectivity index (χ4n) is 3.86. The third kappa shape index (κ3) is 2.65. The number of aromatic nitrogens is 1. The molecule has 2 aromatic heterocycles. The van der Waals surface area contributed by atoms with Crippen molar-refractivity contribution < 1.29 is 4.79 Å². The lowest BCUT2D eigenvalue weighted by Crippen LogP contribution is -2.39. The smallest absolute Gasteiger partial charge is 0.223 e. The SMILES string of the molecule is CC[C@@H]1c2ccsc2CCN1C(=O)CCc1c[nH]c2ccccc12. The number of para-hydroxylation sites is 1. The van der Waals surface area contributed by atoms with Crippen LogP contribution in [0.3, 0.4) is 0 Å². The average molecular weight is 338 g/mol. The molecule has 3 aromatic rings. The quantitative estimate of drug-likeness (QED) is 0.735. The van der Waals surface area contributed by atoms with Crippen molar-refractivity contribution in [1.82, 2.24) is 9.88 Å². The summed E-state index contributed by atoms with van der Waals surface area (Å²) in [5.41, 5.74) is 3.75. The van der Waals surface area contributed by atoms with Crippen LogP contribution >= 0.6 is 11.3 Å². The van der Waals surface area contributed by atoms with Gasteiger partial charge in [0.2, 0.25) is 5.91 Å². The number of carbonyl (C=O) groups is 1. The second-order valence-corrected chi connectivity index (χ2v) is 7.42. The number of aryl methyl sites for hydroxylation is 1. The van der Waals surface area contributed by atoms with Crippen molar-refractivity contribution in [2.45, 2.75) is 38.6 Å². The molecular weight excluding hydrogens is 316 g/mol. The molecule has 0 radical (unpaired) electrons. The maximum atomic E-state index is 12.8. The number of nitrogens with one attached hydrogen (secondary N) is 1. The summed E-state index contributed by atoms with van der Waals surface area (Å²) < 4.78 is 0. The summed E-state index contributed by atoms with van der Waals surface area (Å²) in [7, 11) is 0. The second kappa shape index (κ2) is 6.44. The zero-order valence-corrected chi connectivity index (χ0v) is 14.7. The summed E-state index contributed by atoms with van der Waals surface area (Å²) >= 11 is 1.83.